The number of ether oxygens (including phenoxy) is 3. The first-order valence-electron chi connectivity index (χ1n) is 11.2. The van der Waals surface area contributed by atoms with Gasteiger partial charge in [-0.1, -0.05) is 18.2 Å². The Morgan fingerprint density at radius 3 is 2.22 bits per heavy atom. The van der Waals surface area contributed by atoms with E-state index in [0.29, 0.717) is 16.7 Å². The molecule has 0 radical (unpaired) electrons. The highest BCUT2D eigenvalue weighted by atomic mass is 19.4. The SMILES string of the molecule is O=C(C=Cc1ccc(C(F)(F)F)cc1)Oc1ccc2c(c1)C1C(=O)OC(=O)C1CC2C1CC(=O)OC1=O. The maximum absolute atomic E-state index is 12.7. The Hall–Kier alpha value is -4.28. The fourth-order valence-electron chi connectivity index (χ4n) is 5.02. The smallest absolute Gasteiger partial charge is 0.416 e. The van der Waals surface area contributed by atoms with Crippen molar-refractivity contribution in [2.45, 2.75) is 30.9 Å². The number of carbonyl (C=O) groups excluding carboxylic acids is 5. The van der Waals surface area contributed by atoms with E-state index < -0.39 is 65.3 Å². The van der Waals surface area contributed by atoms with E-state index in [2.05, 4.69) is 4.74 Å². The summed E-state index contributed by atoms with van der Waals surface area (Å²) in [7, 11) is 0. The molecule has 1 aliphatic carbocycles. The summed E-state index contributed by atoms with van der Waals surface area (Å²) >= 11 is 0. The summed E-state index contributed by atoms with van der Waals surface area (Å²) in [5, 5.41) is 0. The van der Waals surface area contributed by atoms with Crippen molar-refractivity contribution in [1.29, 1.82) is 0 Å². The first kappa shape index (κ1) is 24.4. The summed E-state index contributed by atoms with van der Waals surface area (Å²) in [5.41, 5.74) is 0.411. The number of benzene rings is 2. The number of fused-ring (bicyclic) bond motifs is 3. The third kappa shape index (κ3) is 4.64. The Labute approximate surface area is 207 Å². The molecule has 0 spiro atoms. The van der Waals surface area contributed by atoms with Gasteiger partial charge in [0, 0.05) is 6.08 Å². The molecule has 8 nitrogen and oxygen atoms in total. The van der Waals surface area contributed by atoms with Crippen molar-refractivity contribution in [3.63, 3.8) is 0 Å². The largest absolute Gasteiger partial charge is 0.423 e. The van der Waals surface area contributed by atoms with Crippen LogP contribution < -0.4 is 4.74 Å². The van der Waals surface area contributed by atoms with Gasteiger partial charge in [0.15, 0.2) is 0 Å². The molecule has 3 aliphatic rings. The summed E-state index contributed by atoms with van der Waals surface area (Å²) < 4.78 is 52.9. The zero-order valence-corrected chi connectivity index (χ0v) is 18.8. The van der Waals surface area contributed by atoms with E-state index in [9.17, 15) is 37.1 Å². The van der Waals surface area contributed by atoms with Crippen LogP contribution in [-0.2, 0) is 39.6 Å². The first-order chi connectivity index (χ1) is 17.5. The molecule has 5 rings (SSSR count). The van der Waals surface area contributed by atoms with E-state index in [1.54, 1.807) is 6.07 Å². The van der Waals surface area contributed by atoms with E-state index in [1.165, 1.54) is 30.3 Å². The molecule has 2 saturated heterocycles. The summed E-state index contributed by atoms with van der Waals surface area (Å²) in [6.45, 7) is 0. The van der Waals surface area contributed by atoms with Crippen LogP contribution in [0.15, 0.2) is 48.5 Å². The Kier molecular flexibility index (Phi) is 5.93. The van der Waals surface area contributed by atoms with Crippen LogP contribution in [0, 0.1) is 11.8 Å². The lowest BCUT2D eigenvalue weighted by molar-refractivity contribution is -0.155. The van der Waals surface area contributed by atoms with Gasteiger partial charge < -0.3 is 14.2 Å². The van der Waals surface area contributed by atoms with Gasteiger partial charge in [-0.15, -0.1) is 0 Å². The lowest BCUT2D eigenvalue weighted by Crippen LogP contribution is -2.31. The molecule has 2 heterocycles. The van der Waals surface area contributed by atoms with Gasteiger partial charge in [-0.25, -0.2) is 4.79 Å². The topological polar surface area (TPSA) is 113 Å². The molecular weight excluding hydrogens is 497 g/mol. The third-order valence-electron chi connectivity index (χ3n) is 6.72. The second kappa shape index (κ2) is 8.99. The van der Waals surface area contributed by atoms with Gasteiger partial charge in [0.2, 0.25) is 0 Å². The zero-order valence-electron chi connectivity index (χ0n) is 18.8. The van der Waals surface area contributed by atoms with Crippen LogP contribution in [0.5, 0.6) is 5.75 Å². The number of esters is 5. The lowest BCUT2D eigenvalue weighted by Gasteiger charge is -2.32. The second-order valence-electron chi connectivity index (χ2n) is 8.94. The molecular formula is C26H17F3O8. The number of hydrogen-bond donors (Lipinski definition) is 0. The van der Waals surface area contributed by atoms with Crippen LogP contribution in [-0.4, -0.2) is 29.8 Å². The Bertz CT molecular complexity index is 1360. The molecule has 2 aromatic rings. The maximum Gasteiger partial charge on any atom is 0.416 e. The van der Waals surface area contributed by atoms with Crippen molar-refractivity contribution in [3.8, 4) is 5.75 Å². The van der Waals surface area contributed by atoms with Crippen molar-refractivity contribution in [2.24, 2.45) is 11.8 Å². The fourth-order valence-corrected chi connectivity index (χ4v) is 5.02. The van der Waals surface area contributed by atoms with E-state index in [4.69, 9.17) is 9.47 Å². The molecule has 2 aromatic carbocycles. The minimum absolute atomic E-state index is 0.0393. The van der Waals surface area contributed by atoms with Gasteiger partial charge in [-0.2, -0.15) is 13.2 Å². The molecule has 0 amide bonds. The molecule has 0 N–H and O–H groups in total. The Balaban J connectivity index is 1.38. The molecule has 2 aliphatic heterocycles. The quantitative estimate of drug-likeness (QED) is 0.263. The number of halogens is 3. The molecule has 190 valence electrons. The molecule has 11 heteroatoms. The molecule has 2 fully saturated rings. The maximum atomic E-state index is 12.7. The van der Waals surface area contributed by atoms with E-state index in [0.717, 1.165) is 18.2 Å². The average molecular weight is 514 g/mol. The van der Waals surface area contributed by atoms with Gasteiger partial charge in [0.1, 0.15) is 5.75 Å². The number of cyclic esters (lactones) is 4. The van der Waals surface area contributed by atoms with Crippen molar-refractivity contribution in [3.05, 3.63) is 70.8 Å². The fraction of sp³-hybridized carbons (Fsp3) is 0.269. The van der Waals surface area contributed by atoms with Crippen molar-refractivity contribution in [2.75, 3.05) is 0 Å². The predicted molar refractivity (Wildman–Crippen MR) is 116 cm³/mol. The first-order valence-corrected chi connectivity index (χ1v) is 11.2. The van der Waals surface area contributed by atoms with Gasteiger partial charge in [-0.3, -0.25) is 19.2 Å². The predicted octanol–water partition coefficient (Wildman–Crippen LogP) is 3.68. The van der Waals surface area contributed by atoms with E-state index in [-0.39, 0.29) is 18.6 Å². The zero-order chi connectivity index (χ0) is 26.5. The summed E-state index contributed by atoms with van der Waals surface area (Å²) in [6.07, 6.45) is -2.21. The molecule has 0 aromatic heterocycles. The van der Waals surface area contributed by atoms with E-state index in [1.807, 2.05) is 0 Å². The van der Waals surface area contributed by atoms with Crippen LogP contribution >= 0.6 is 0 Å². The highest BCUT2D eigenvalue weighted by Gasteiger charge is 2.53. The molecule has 37 heavy (non-hydrogen) atoms. The Morgan fingerprint density at radius 1 is 0.865 bits per heavy atom. The van der Waals surface area contributed by atoms with Gasteiger partial charge in [-0.05, 0) is 59.4 Å². The molecule has 4 unspecified atom stereocenters. The standard InChI is InChI=1S/C26H17F3O8/c27-26(28,29)13-4-1-12(2-5-13)3-8-20(30)35-14-6-7-15-16(18-11-21(31)36-23(18)32)10-19-22(17(15)9-14)25(34)37-24(19)33/h1-9,16,18-19,22H,10-11H2. The molecule has 4 atom stereocenters. The summed E-state index contributed by atoms with van der Waals surface area (Å²) in [6, 6.07) is 8.59. The van der Waals surface area contributed by atoms with Crippen molar-refractivity contribution in [1.82, 2.24) is 0 Å². The lowest BCUT2D eigenvalue weighted by atomic mass is 9.67. The van der Waals surface area contributed by atoms with Crippen LogP contribution in [0.2, 0.25) is 0 Å². The summed E-state index contributed by atoms with van der Waals surface area (Å²) in [5.74, 6) is -6.89. The third-order valence-corrected chi connectivity index (χ3v) is 6.72. The highest BCUT2D eigenvalue weighted by molar-refractivity contribution is 6.01. The highest BCUT2D eigenvalue weighted by Crippen LogP contribution is 2.51. The average Bonchev–Trinajstić information content (AvgIpc) is 3.33. The van der Waals surface area contributed by atoms with Crippen LogP contribution in [0.1, 0.15) is 46.9 Å². The van der Waals surface area contributed by atoms with Gasteiger partial charge in [0.25, 0.3) is 0 Å². The van der Waals surface area contributed by atoms with Crippen molar-refractivity contribution >= 4 is 35.9 Å². The van der Waals surface area contributed by atoms with Gasteiger partial charge >= 0.3 is 36.0 Å². The normalized spacial score (nSPS) is 25.1. The monoisotopic (exact) mass is 514 g/mol. The van der Waals surface area contributed by atoms with Crippen molar-refractivity contribution < 1.29 is 51.4 Å². The number of carbonyl (C=O) groups is 5. The number of rotatable bonds is 4. The molecule has 0 saturated carbocycles. The minimum Gasteiger partial charge on any atom is -0.423 e. The van der Waals surface area contributed by atoms with Crippen LogP contribution in [0.25, 0.3) is 6.08 Å². The van der Waals surface area contributed by atoms with Crippen LogP contribution in [0.4, 0.5) is 13.2 Å². The Morgan fingerprint density at radius 2 is 1.57 bits per heavy atom. The van der Waals surface area contributed by atoms with Gasteiger partial charge in [0.05, 0.1) is 29.7 Å². The summed E-state index contributed by atoms with van der Waals surface area (Å²) in [4.78, 5) is 61.0. The molecule has 0 bridgehead atoms. The van der Waals surface area contributed by atoms with Crippen LogP contribution in [0.3, 0.4) is 0 Å². The van der Waals surface area contributed by atoms with E-state index >= 15 is 0 Å². The minimum atomic E-state index is -4.48. The number of hydrogen-bond acceptors (Lipinski definition) is 8. The second-order valence-corrected chi connectivity index (χ2v) is 8.94. The number of alkyl halides is 3.